The van der Waals surface area contributed by atoms with Crippen LogP contribution in [0.5, 0.6) is 0 Å². The van der Waals surface area contributed by atoms with Gasteiger partial charge in [-0.25, -0.2) is 9.50 Å². The average molecular weight is 452 g/mol. The number of halogens is 3. The second-order valence-electron chi connectivity index (χ2n) is 8.32. The molecule has 0 aliphatic carbocycles. The molecule has 0 aliphatic heterocycles. The number of aryl methyl sites for hydroxylation is 2. The smallest absolute Gasteiger partial charge is 0.321 e. The number of carbonyl (C=O) groups excluding carboxylic acids is 1. The first-order valence-corrected chi connectivity index (χ1v) is 10.5. The van der Waals surface area contributed by atoms with Crippen molar-refractivity contribution in [2.24, 2.45) is 0 Å². The molecule has 0 saturated heterocycles. The van der Waals surface area contributed by atoms with Crippen molar-refractivity contribution >= 4 is 17.2 Å². The molecule has 1 N–H and O–H groups in total. The molecular weight excluding hydrogens is 429 g/mol. The van der Waals surface area contributed by atoms with Gasteiger partial charge >= 0.3 is 6.18 Å². The van der Waals surface area contributed by atoms with E-state index in [1.54, 1.807) is 12.1 Å². The summed E-state index contributed by atoms with van der Waals surface area (Å²) in [6, 6.07) is 13.7. The van der Waals surface area contributed by atoms with Crippen LogP contribution in [-0.4, -0.2) is 20.5 Å². The molecule has 4 rings (SSSR count). The maximum atomic E-state index is 13.9. The van der Waals surface area contributed by atoms with E-state index in [1.165, 1.54) is 0 Å². The van der Waals surface area contributed by atoms with Crippen molar-refractivity contribution in [2.45, 2.75) is 39.8 Å². The van der Waals surface area contributed by atoms with Crippen LogP contribution in [0.3, 0.4) is 0 Å². The van der Waals surface area contributed by atoms with Crippen LogP contribution >= 0.6 is 0 Å². The second-order valence-corrected chi connectivity index (χ2v) is 8.32. The molecule has 2 aromatic carbocycles. The number of para-hydroxylation sites is 1. The number of nitrogens with one attached hydrogen (secondary N) is 1. The quantitative estimate of drug-likeness (QED) is 0.389. The number of alkyl halides is 3. The first kappa shape index (κ1) is 22.5. The molecule has 5 nitrogen and oxygen atoms in total. The highest BCUT2D eigenvalue weighted by Gasteiger charge is 2.36. The number of anilines is 1. The van der Waals surface area contributed by atoms with Gasteiger partial charge in [-0.05, 0) is 42.5 Å². The number of rotatable bonds is 4. The highest BCUT2D eigenvalue weighted by atomic mass is 19.4. The van der Waals surface area contributed by atoms with Gasteiger partial charge in [-0.3, -0.25) is 4.79 Å². The van der Waals surface area contributed by atoms with Gasteiger partial charge in [0.2, 0.25) is 0 Å². The highest BCUT2D eigenvalue weighted by molar-refractivity contribution is 6.08. The topological polar surface area (TPSA) is 59.3 Å². The molecule has 170 valence electrons. The number of carbonyl (C=O) groups is 1. The number of aromatic nitrogens is 3. The molecule has 0 spiro atoms. The zero-order chi connectivity index (χ0) is 23.9. The molecule has 33 heavy (non-hydrogen) atoms. The van der Waals surface area contributed by atoms with E-state index in [0.29, 0.717) is 15.8 Å². The Morgan fingerprint density at radius 3 is 2.24 bits per heavy atom. The minimum atomic E-state index is -4.68. The first-order valence-electron chi connectivity index (χ1n) is 10.5. The third-order valence-corrected chi connectivity index (χ3v) is 5.60. The third kappa shape index (κ3) is 4.33. The Kier molecular flexibility index (Phi) is 5.69. The Balaban J connectivity index is 1.84. The second kappa shape index (κ2) is 8.35. The normalized spacial score (nSPS) is 11.9. The van der Waals surface area contributed by atoms with Crippen molar-refractivity contribution in [2.75, 3.05) is 5.32 Å². The lowest BCUT2D eigenvalue weighted by molar-refractivity contribution is -0.142. The Morgan fingerprint density at radius 1 is 1.03 bits per heavy atom. The van der Waals surface area contributed by atoms with E-state index < -0.39 is 17.8 Å². The number of benzene rings is 2. The van der Waals surface area contributed by atoms with Gasteiger partial charge < -0.3 is 5.32 Å². The van der Waals surface area contributed by atoms with E-state index in [0.717, 1.165) is 29.0 Å². The van der Waals surface area contributed by atoms with E-state index in [2.05, 4.69) is 15.4 Å². The largest absolute Gasteiger partial charge is 0.433 e. The van der Waals surface area contributed by atoms with Crippen LogP contribution in [0.15, 0.2) is 54.7 Å². The van der Waals surface area contributed by atoms with Crippen LogP contribution in [0.25, 0.3) is 16.9 Å². The molecule has 0 saturated carbocycles. The molecule has 4 aromatic rings. The molecule has 2 heterocycles. The molecule has 0 radical (unpaired) electrons. The Bertz CT molecular complexity index is 1320. The Morgan fingerprint density at radius 2 is 1.67 bits per heavy atom. The van der Waals surface area contributed by atoms with Crippen molar-refractivity contribution < 1.29 is 18.0 Å². The van der Waals surface area contributed by atoms with Gasteiger partial charge in [-0.2, -0.15) is 18.3 Å². The fourth-order valence-corrected chi connectivity index (χ4v) is 3.70. The highest BCUT2D eigenvalue weighted by Crippen LogP contribution is 2.33. The minimum Gasteiger partial charge on any atom is -0.321 e. The van der Waals surface area contributed by atoms with Gasteiger partial charge in [0.25, 0.3) is 5.91 Å². The summed E-state index contributed by atoms with van der Waals surface area (Å²) in [5.41, 5.74) is 2.81. The maximum Gasteiger partial charge on any atom is 0.433 e. The fourth-order valence-electron chi connectivity index (χ4n) is 3.70. The van der Waals surface area contributed by atoms with Crippen molar-refractivity contribution in [1.82, 2.24) is 14.6 Å². The average Bonchev–Trinajstić information content (AvgIpc) is 3.19. The predicted octanol–water partition coefficient (Wildman–Crippen LogP) is 6.41. The molecule has 1 amide bonds. The summed E-state index contributed by atoms with van der Waals surface area (Å²) in [6.07, 6.45) is -3.56. The van der Waals surface area contributed by atoms with Gasteiger partial charge in [0, 0.05) is 11.3 Å². The number of amides is 1. The molecule has 2 aromatic heterocycles. The molecule has 8 heteroatoms. The van der Waals surface area contributed by atoms with E-state index in [9.17, 15) is 18.0 Å². The molecule has 0 unspecified atom stereocenters. The molecular formula is C25H23F3N4O. The standard InChI is InChI=1S/C25H23F3N4O/c1-14(2)17-8-10-18(11-9-17)20-12-21(25(26,27)28)32-23(30-20)19(13-29-32)24(33)31-22-15(3)6-5-7-16(22)4/h5-14H,1-4H3,(H,31,33). The summed E-state index contributed by atoms with van der Waals surface area (Å²) < 4.78 is 42.2. The summed E-state index contributed by atoms with van der Waals surface area (Å²) in [4.78, 5) is 17.4. The lowest BCUT2D eigenvalue weighted by atomic mass is 10.0. The zero-order valence-electron chi connectivity index (χ0n) is 18.7. The lowest BCUT2D eigenvalue weighted by Crippen LogP contribution is -2.16. The van der Waals surface area contributed by atoms with Crippen molar-refractivity contribution in [1.29, 1.82) is 0 Å². The van der Waals surface area contributed by atoms with Crippen LogP contribution in [0, 0.1) is 13.8 Å². The van der Waals surface area contributed by atoms with E-state index in [1.807, 2.05) is 58.0 Å². The zero-order valence-corrected chi connectivity index (χ0v) is 18.7. The number of hydrogen-bond donors (Lipinski definition) is 1. The van der Waals surface area contributed by atoms with Crippen molar-refractivity contribution in [3.05, 3.63) is 82.7 Å². The van der Waals surface area contributed by atoms with Gasteiger partial charge in [0.05, 0.1) is 11.9 Å². The van der Waals surface area contributed by atoms with E-state index in [4.69, 9.17) is 0 Å². The molecule has 0 atom stereocenters. The SMILES string of the molecule is Cc1cccc(C)c1NC(=O)c1cnn2c(C(F)(F)F)cc(-c3ccc(C(C)C)cc3)nc12. The van der Waals surface area contributed by atoms with Gasteiger partial charge in [-0.1, -0.05) is 56.3 Å². The van der Waals surface area contributed by atoms with Crippen LogP contribution in [0.1, 0.15) is 52.5 Å². The van der Waals surface area contributed by atoms with Crippen molar-refractivity contribution in [3.63, 3.8) is 0 Å². The van der Waals surface area contributed by atoms with E-state index in [-0.39, 0.29) is 22.8 Å². The molecule has 0 bridgehead atoms. The molecule has 0 aliphatic rings. The van der Waals surface area contributed by atoms with Crippen LogP contribution < -0.4 is 5.32 Å². The fraction of sp³-hybridized carbons (Fsp3) is 0.240. The van der Waals surface area contributed by atoms with Crippen LogP contribution in [0.2, 0.25) is 0 Å². The number of hydrogen-bond acceptors (Lipinski definition) is 3. The summed E-state index contributed by atoms with van der Waals surface area (Å²) in [5.74, 6) is -0.286. The first-order chi connectivity index (χ1) is 15.6. The maximum absolute atomic E-state index is 13.9. The Labute approximate surface area is 189 Å². The van der Waals surface area contributed by atoms with Gasteiger partial charge in [-0.15, -0.1) is 0 Å². The summed E-state index contributed by atoms with van der Waals surface area (Å²) in [6.45, 7) is 7.76. The summed E-state index contributed by atoms with van der Waals surface area (Å²) in [7, 11) is 0. The van der Waals surface area contributed by atoms with E-state index >= 15 is 0 Å². The molecule has 0 fully saturated rings. The number of nitrogens with zero attached hydrogens (tertiary/aromatic N) is 3. The van der Waals surface area contributed by atoms with Crippen molar-refractivity contribution in [3.8, 4) is 11.3 Å². The third-order valence-electron chi connectivity index (χ3n) is 5.60. The van der Waals surface area contributed by atoms with Crippen LogP contribution in [0.4, 0.5) is 18.9 Å². The predicted molar refractivity (Wildman–Crippen MR) is 121 cm³/mol. The van der Waals surface area contributed by atoms with Gasteiger partial charge in [0.15, 0.2) is 11.3 Å². The Hall–Kier alpha value is -3.68. The summed E-state index contributed by atoms with van der Waals surface area (Å²) in [5, 5.41) is 6.63. The summed E-state index contributed by atoms with van der Waals surface area (Å²) >= 11 is 0. The van der Waals surface area contributed by atoms with Crippen LogP contribution in [-0.2, 0) is 6.18 Å². The minimum absolute atomic E-state index is 0.0381. The van der Waals surface area contributed by atoms with Gasteiger partial charge in [0.1, 0.15) is 5.56 Å². The number of fused-ring (bicyclic) bond motifs is 1. The monoisotopic (exact) mass is 452 g/mol. The lowest BCUT2D eigenvalue weighted by Gasteiger charge is -2.13.